The molecule has 1 aliphatic rings. The maximum Gasteiger partial charge on any atom is 0.191 e. The van der Waals surface area contributed by atoms with E-state index in [1.54, 1.807) is 14.2 Å². The molecule has 0 fully saturated rings. The lowest BCUT2D eigenvalue weighted by atomic mass is 9.99. The summed E-state index contributed by atoms with van der Waals surface area (Å²) >= 11 is 0. The van der Waals surface area contributed by atoms with Crippen LogP contribution in [-0.4, -0.2) is 62.8 Å². The fourth-order valence-electron chi connectivity index (χ4n) is 3.63. The third kappa shape index (κ3) is 7.53. The number of ether oxygens (including phenoxy) is 2. The second-order valence-electron chi connectivity index (χ2n) is 7.26. The SMILES string of the molecule is CCNC(=NCCN1CCc2cc(OC)c(OC)cc2C1)NCCc1ccccn1.I. The molecule has 3 rings (SSSR count). The first-order valence-electron chi connectivity index (χ1n) is 10.6. The first-order chi connectivity index (χ1) is 14.7. The van der Waals surface area contributed by atoms with Crippen LogP contribution in [0.4, 0.5) is 0 Å². The van der Waals surface area contributed by atoms with Crippen LogP contribution in [0, 0.1) is 0 Å². The van der Waals surface area contributed by atoms with E-state index >= 15 is 0 Å². The summed E-state index contributed by atoms with van der Waals surface area (Å²) < 4.78 is 10.9. The maximum atomic E-state index is 5.46. The predicted octanol–water partition coefficient (Wildman–Crippen LogP) is 2.87. The van der Waals surface area contributed by atoms with Crippen molar-refractivity contribution in [1.82, 2.24) is 20.5 Å². The van der Waals surface area contributed by atoms with E-state index in [9.17, 15) is 0 Å². The Labute approximate surface area is 202 Å². The smallest absolute Gasteiger partial charge is 0.191 e. The average Bonchev–Trinajstić information content (AvgIpc) is 2.78. The molecule has 0 atom stereocenters. The number of pyridine rings is 1. The van der Waals surface area contributed by atoms with Crippen molar-refractivity contribution in [3.8, 4) is 11.5 Å². The van der Waals surface area contributed by atoms with Gasteiger partial charge in [0.25, 0.3) is 0 Å². The minimum absolute atomic E-state index is 0. The van der Waals surface area contributed by atoms with E-state index in [1.807, 2.05) is 24.4 Å². The van der Waals surface area contributed by atoms with Crippen molar-refractivity contribution >= 4 is 29.9 Å². The van der Waals surface area contributed by atoms with Crippen LogP contribution in [0.5, 0.6) is 11.5 Å². The van der Waals surface area contributed by atoms with Gasteiger partial charge in [0.1, 0.15) is 0 Å². The highest BCUT2D eigenvalue weighted by Gasteiger charge is 2.19. The van der Waals surface area contributed by atoms with Gasteiger partial charge < -0.3 is 20.1 Å². The van der Waals surface area contributed by atoms with Crippen molar-refractivity contribution in [2.45, 2.75) is 26.3 Å². The molecular weight excluding hydrogens is 505 g/mol. The Bertz CT molecular complexity index is 832. The van der Waals surface area contributed by atoms with Crippen LogP contribution in [0.1, 0.15) is 23.7 Å². The standard InChI is InChI=1S/C23H33N5O2.HI/c1-4-24-23(26-11-8-20-7-5-6-10-25-20)27-12-14-28-13-9-18-15-21(29-2)22(30-3)16-19(18)17-28;/h5-7,10,15-16H,4,8-9,11-14,17H2,1-3H3,(H2,24,26,27);1H. The Morgan fingerprint density at radius 3 is 2.58 bits per heavy atom. The van der Waals surface area contributed by atoms with Crippen LogP contribution < -0.4 is 20.1 Å². The van der Waals surface area contributed by atoms with E-state index in [-0.39, 0.29) is 24.0 Å². The van der Waals surface area contributed by atoms with Gasteiger partial charge in [-0.2, -0.15) is 0 Å². The first kappa shape index (κ1) is 25.2. The van der Waals surface area contributed by atoms with Crippen molar-refractivity contribution in [2.24, 2.45) is 4.99 Å². The number of nitrogens with one attached hydrogen (secondary N) is 2. The number of aliphatic imine (C=N–C) groups is 1. The van der Waals surface area contributed by atoms with Crippen LogP contribution in [0.2, 0.25) is 0 Å². The van der Waals surface area contributed by atoms with E-state index in [4.69, 9.17) is 14.5 Å². The quantitative estimate of drug-likeness (QED) is 0.290. The Morgan fingerprint density at radius 2 is 1.90 bits per heavy atom. The Balaban J connectivity index is 0.00000341. The summed E-state index contributed by atoms with van der Waals surface area (Å²) in [5.41, 5.74) is 3.74. The zero-order chi connectivity index (χ0) is 21.2. The molecule has 1 aromatic carbocycles. The number of guanidine groups is 1. The van der Waals surface area contributed by atoms with Gasteiger partial charge in [-0.05, 0) is 48.7 Å². The van der Waals surface area contributed by atoms with E-state index in [2.05, 4.69) is 39.6 Å². The highest BCUT2D eigenvalue weighted by Crippen LogP contribution is 2.33. The molecule has 0 radical (unpaired) electrons. The topological polar surface area (TPSA) is 71.0 Å². The lowest BCUT2D eigenvalue weighted by Crippen LogP contribution is -2.39. The second kappa shape index (κ2) is 13.4. The van der Waals surface area contributed by atoms with Gasteiger partial charge in [-0.1, -0.05) is 6.07 Å². The number of aromatic nitrogens is 1. The average molecular weight is 539 g/mol. The van der Waals surface area contributed by atoms with Gasteiger partial charge in [-0.25, -0.2) is 0 Å². The van der Waals surface area contributed by atoms with Gasteiger partial charge in [-0.3, -0.25) is 14.9 Å². The van der Waals surface area contributed by atoms with Gasteiger partial charge >= 0.3 is 0 Å². The third-order valence-corrected chi connectivity index (χ3v) is 5.23. The lowest BCUT2D eigenvalue weighted by molar-refractivity contribution is 0.260. The Hall–Kier alpha value is -2.07. The van der Waals surface area contributed by atoms with Crippen LogP contribution >= 0.6 is 24.0 Å². The number of benzene rings is 1. The minimum atomic E-state index is 0. The molecule has 1 aliphatic heterocycles. The normalized spacial score (nSPS) is 13.7. The summed E-state index contributed by atoms with van der Waals surface area (Å²) in [6.45, 7) is 7.34. The van der Waals surface area contributed by atoms with Crippen molar-refractivity contribution in [1.29, 1.82) is 0 Å². The fourth-order valence-corrected chi connectivity index (χ4v) is 3.63. The molecule has 8 heteroatoms. The van der Waals surface area contributed by atoms with Gasteiger partial charge in [0.2, 0.25) is 0 Å². The summed E-state index contributed by atoms with van der Waals surface area (Å²) in [7, 11) is 3.37. The van der Waals surface area contributed by atoms with Gasteiger partial charge in [0, 0.05) is 51.0 Å². The molecule has 0 aliphatic carbocycles. The molecule has 2 aromatic rings. The number of halogens is 1. The zero-order valence-corrected chi connectivity index (χ0v) is 21.0. The second-order valence-corrected chi connectivity index (χ2v) is 7.26. The predicted molar refractivity (Wildman–Crippen MR) is 136 cm³/mol. The summed E-state index contributed by atoms with van der Waals surface area (Å²) in [5.74, 6) is 2.46. The molecule has 0 bridgehead atoms. The van der Waals surface area contributed by atoms with Gasteiger partial charge in [-0.15, -0.1) is 24.0 Å². The Morgan fingerprint density at radius 1 is 1.13 bits per heavy atom. The first-order valence-corrected chi connectivity index (χ1v) is 10.6. The van der Waals surface area contributed by atoms with Crippen LogP contribution in [-0.2, 0) is 19.4 Å². The van der Waals surface area contributed by atoms with Crippen LogP contribution in [0.15, 0.2) is 41.5 Å². The van der Waals surface area contributed by atoms with Crippen molar-refractivity contribution in [2.75, 3.05) is 46.9 Å². The summed E-state index contributed by atoms with van der Waals surface area (Å²) in [4.78, 5) is 11.5. The number of nitrogens with zero attached hydrogens (tertiary/aromatic N) is 3. The van der Waals surface area contributed by atoms with Crippen molar-refractivity contribution < 1.29 is 9.47 Å². The molecule has 0 amide bonds. The number of hydrogen-bond donors (Lipinski definition) is 2. The zero-order valence-electron chi connectivity index (χ0n) is 18.7. The van der Waals surface area contributed by atoms with E-state index in [0.717, 1.165) is 75.3 Å². The van der Waals surface area contributed by atoms with E-state index in [0.29, 0.717) is 0 Å². The summed E-state index contributed by atoms with van der Waals surface area (Å²) in [6, 6.07) is 10.2. The molecular formula is C23H34IN5O2. The molecule has 0 unspecified atom stereocenters. The molecule has 0 spiro atoms. The lowest BCUT2D eigenvalue weighted by Gasteiger charge is -2.29. The summed E-state index contributed by atoms with van der Waals surface area (Å²) in [5, 5.41) is 6.72. The fraction of sp³-hybridized carbons (Fsp3) is 0.478. The van der Waals surface area contributed by atoms with E-state index < -0.39 is 0 Å². The number of hydrogen-bond acceptors (Lipinski definition) is 5. The molecule has 7 nitrogen and oxygen atoms in total. The summed E-state index contributed by atoms with van der Waals surface area (Å²) in [6.07, 6.45) is 3.72. The molecule has 0 saturated carbocycles. The number of methoxy groups -OCH3 is 2. The molecule has 0 saturated heterocycles. The van der Waals surface area contributed by atoms with Crippen LogP contribution in [0.3, 0.4) is 0 Å². The largest absolute Gasteiger partial charge is 0.493 e. The third-order valence-electron chi connectivity index (χ3n) is 5.23. The maximum absolute atomic E-state index is 5.46. The minimum Gasteiger partial charge on any atom is -0.493 e. The van der Waals surface area contributed by atoms with Gasteiger partial charge in [0.05, 0.1) is 20.8 Å². The number of fused-ring (bicyclic) bond motifs is 1. The molecule has 170 valence electrons. The number of rotatable bonds is 9. The van der Waals surface area contributed by atoms with Crippen LogP contribution in [0.25, 0.3) is 0 Å². The highest BCUT2D eigenvalue weighted by atomic mass is 127. The highest BCUT2D eigenvalue weighted by molar-refractivity contribution is 14.0. The molecule has 31 heavy (non-hydrogen) atoms. The monoisotopic (exact) mass is 539 g/mol. The molecule has 2 N–H and O–H groups in total. The van der Waals surface area contributed by atoms with Crippen molar-refractivity contribution in [3.05, 3.63) is 53.3 Å². The Kier molecular flexibility index (Phi) is 10.9. The molecule has 1 aromatic heterocycles. The molecule has 2 heterocycles. The van der Waals surface area contributed by atoms with Crippen molar-refractivity contribution in [3.63, 3.8) is 0 Å². The van der Waals surface area contributed by atoms with Gasteiger partial charge in [0.15, 0.2) is 17.5 Å². The van der Waals surface area contributed by atoms with E-state index in [1.165, 1.54) is 11.1 Å².